The monoisotopic (exact) mass is 474 g/mol. The van der Waals surface area contributed by atoms with Gasteiger partial charge in [0.05, 0.1) is 18.8 Å². The predicted molar refractivity (Wildman–Crippen MR) is 133 cm³/mol. The number of piperidine rings is 1. The fourth-order valence-electron chi connectivity index (χ4n) is 5.25. The molecule has 0 radical (unpaired) electrons. The Labute approximate surface area is 205 Å². The summed E-state index contributed by atoms with van der Waals surface area (Å²) < 4.78 is 19.2. The van der Waals surface area contributed by atoms with Gasteiger partial charge in [-0.3, -0.25) is 10.1 Å². The largest absolute Gasteiger partial charge is 0.494 e. The van der Waals surface area contributed by atoms with Crippen molar-refractivity contribution in [3.8, 4) is 5.75 Å². The van der Waals surface area contributed by atoms with Crippen molar-refractivity contribution in [3.63, 3.8) is 0 Å². The SMILES string of the molecule is CCOc1ccc(C2CC(C(=O)NCc3ccccc3)C3C(NNC3c3ccc(F)cc3)N2)cc1. The predicted octanol–water partition coefficient (Wildman–Crippen LogP) is 3.98. The summed E-state index contributed by atoms with van der Waals surface area (Å²) in [6.07, 6.45) is 0.527. The quantitative estimate of drug-likeness (QED) is 0.417. The van der Waals surface area contributed by atoms with Crippen molar-refractivity contribution in [1.29, 1.82) is 0 Å². The molecule has 5 atom stereocenters. The molecule has 7 heteroatoms. The molecule has 0 saturated carbocycles. The third-order valence-electron chi connectivity index (χ3n) is 6.97. The maximum Gasteiger partial charge on any atom is 0.223 e. The van der Waals surface area contributed by atoms with E-state index in [-0.39, 0.29) is 41.8 Å². The lowest BCUT2D eigenvalue weighted by Gasteiger charge is -2.40. The lowest BCUT2D eigenvalue weighted by molar-refractivity contribution is -0.129. The number of hydrogen-bond donors (Lipinski definition) is 4. The molecule has 2 fully saturated rings. The van der Waals surface area contributed by atoms with E-state index in [9.17, 15) is 9.18 Å². The number of ether oxygens (including phenoxy) is 1. The summed E-state index contributed by atoms with van der Waals surface area (Å²) in [6, 6.07) is 24.4. The molecule has 3 aromatic rings. The fraction of sp³-hybridized carbons (Fsp3) is 0.321. The van der Waals surface area contributed by atoms with E-state index in [1.165, 1.54) is 12.1 Å². The highest BCUT2D eigenvalue weighted by molar-refractivity contribution is 5.79. The summed E-state index contributed by atoms with van der Waals surface area (Å²) in [4.78, 5) is 13.6. The molecular weight excluding hydrogens is 443 g/mol. The van der Waals surface area contributed by atoms with Gasteiger partial charge in [0.25, 0.3) is 0 Å². The van der Waals surface area contributed by atoms with Crippen LogP contribution in [0.2, 0.25) is 0 Å². The summed E-state index contributed by atoms with van der Waals surface area (Å²) in [5, 5.41) is 6.84. The van der Waals surface area contributed by atoms with E-state index >= 15 is 0 Å². The first-order valence-corrected chi connectivity index (χ1v) is 12.2. The van der Waals surface area contributed by atoms with E-state index in [0.717, 1.165) is 22.4 Å². The van der Waals surface area contributed by atoms with E-state index < -0.39 is 0 Å². The fourth-order valence-corrected chi connectivity index (χ4v) is 5.25. The van der Waals surface area contributed by atoms with Crippen molar-refractivity contribution in [2.45, 2.75) is 38.1 Å². The van der Waals surface area contributed by atoms with Crippen LogP contribution in [-0.2, 0) is 11.3 Å². The first-order valence-electron chi connectivity index (χ1n) is 12.2. The first kappa shape index (κ1) is 23.5. The molecule has 0 aliphatic carbocycles. The lowest BCUT2D eigenvalue weighted by atomic mass is 9.74. The van der Waals surface area contributed by atoms with E-state index in [1.54, 1.807) is 12.1 Å². The van der Waals surface area contributed by atoms with Crippen LogP contribution in [0.15, 0.2) is 78.9 Å². The Bertz CT molecular complexity index is 1120. The van der Waals surface area contributed by atoms with Gasteiger partial charge in [-0.2, -0.15) is 0 Å². The van der Waals surface area contributed by atoms with Crippen LogP contribution in [-0.4, -0.2) is 18.7 Å². The van der Waals surface area contributed by atoms with Crippen LogP contribution in [0.4, 0.5) is 4.39 Å². The van der Waals surface area contributed by atoms with Crippen molar-refractivity contribution < 1.29 is 13.9 Å². The van der Waals surface area contributed by atoms with Gasteiger partial charge in [-0.15, -0.1) is 0 Å². The van der Waals surface area contributed by atoms with Gasteiger partial charge in [0, 0.05) is 24.4 Å². The van der Waals surface area contributed by atoms with E-state index in [0.29, 0.717) is 19.6 Å². The maximum atomic E-state index is 13.6. The minimum Gasteiger partial charge on any atom is -0.494 e. The second-order valence-electron chi connectivity index (χ2n) is 9.14. The number of carbonyl (C=O) groups excluding carboxylic acids is 1. The van der Waals surface area contributed by atoms with Crippen molar-refractivity contribution >= 4 is 5.91 Å². The van der Waals surface area contributed by atoms with Gasteiger partial charge < -0.3 is 10.1 Å². The van der Waals surface area contributed by atoms with Gasteiger partial charge in [-0.05, 0) is 54.3 Å². The summed E-state index contributed by atoms with van der Waals surface area (Å²) >= 11 is 0. The van der Waals surface area contributed by atoms with Gasteiger partial charge in [-0.1, -0.05) is 54.6 Å². The molecule has 3 aromatic carbocycles. The average molecular weight is 475 g/mol. The lowest BCUT2D eigenvalue weighted by Crippen LogP contribution is -2.54. The minimum absolute atomic E-state index is 0.000620. The summed E-state index contributed by atoms with van der Waals surface area (Å²) in [7, 11) is 0. The molecule has 5 rings (SSSR count). The number of nitrogens with one attached hydrogen (secondary N) is 4. The van der Waals surface area contributed by atoms with Crippen LogP contribution in [0.25, 0.3) is 0 Å². The Balaban J connectivity index is 1.39. The van der Waals surface area contributed by atoms with Crippen LogP contribution in [0.3, 0.4) is 0 Å². The van der Waals surface area contributed by atoms with E-state index in [2.05, 4.69) is 33.6 Å². The van der Waals surface area contributed by atoms with Crippen molar-refractivity contribution in [2.75, 3.05) is 6.61 Å². The average Bonchev–Trinajstić information content (AvgIpc) is 3.32. The topological polar surface area (TPSA) is 74.4 Å². The number of rotatable bonds is 7. The molecule has 2 saturated heterocycles. The highest BCUT2D eigenvalue weighted by atomic mass is 19.1. The van der Waals surface area contributed by atoms with Crippen LogP contribution >= 0.6 is 0 Å². The second kappa shape index (κ2) is 10.6. The number of benzene rings is 3. The van der Waals surface area contributed by atoms with Crippen molar-refractivity contribution in [2.24, 2.45) is 11.8 Å². The molecule has 0 aromatic heterocycles. The van der Waals surface area contributed by atoms with E-state index in [4.69, 9.17) is 4.74 Å². The third-order valence-corrected chi connectivity index (χ3v) is 6.97. The minimum atomic E-state index is -0.272. The van der Waals surface area contributed by atoms with Crippen molar-refractivity contribution in [1.82, 2.24) is 21.5 Å². The van der Waals surface area contributed by atoms with Gasteiger partial charge in [-0.25, -0.2) is 15.2 Å². The van der Waals surface area contributed by atoms with Crippen LogP contribution in [0.5, 0.6) is 5.75 Å². The molecule has 0 bridgehead atoms. The van der Waals surface area contributed by atoms with Crippen molar-refractivity contribution in [3.05, 3.63) is 101 Å². The zero-order chi connectivity index (χ0) is 24.2. The van der Waals surface area contributed by atoms with E-state index in [1.807, 2.05) is 49.4 Å². The molecule has 1 amide bonds. The van der Waals surface area contributed by atoms with Crippen LogP contribution < -0.4 is 26.2 Å². The zero-order valence-corrected chi connectivity index (χ0v) is 19.7. The molecular formula is C28H31FN4O2. The standard InChI is InChI=1S/C28H31FN4O2/c1-2-35-22-14-10-19(11-15-22)24-16-23(28(34)30-17-18-6-4-3-5-7-18)25-26(32-33-27(25)31-24)20-8-12-21(29)13-9-20/h3-15,23-27,31-33H,2,16-17H2,1H3,(H,30,34). The van der Waals surface area contributed by atoms with Gasteiger partial charge >= 0.3 is 0 Å². The Morgan fingerprint density at radius 1 is 0.971 bits per heavy atom. The molecule has 182 valence electrons. The Morgan fingerprint density at radius 3 is 2.40 bits per heavy atom. The highest BCUT2D eigenvalue weighted by Gasteiger charge is 2.49. The maximum absolute atomic E-state index is 13.6. The van der Waals surface area contributed by atoms with Gasteiger partial charge in [0.1, 0.15) is 11.6 Å². The van der Waals surface area contributed by atoms with Gasteiger partial charge in [0.2, 0.25) is 5.91 Å². The molecule has 6 nitrogen and oxygen atoms in total. The highest BCUT2D eigenvalue weighted by Crippen LogP contribution is 2.42. The molecule has 2 heterocycles. The number of fused-ring (bicyclic) bond motifs is 1. The van der Waals surface area contributed by atoms with Gasteiger partial charge in [0.15, 0.2) is 0 Å². The smallest absolute Gasteiger partial charge is 0.223 e. The van der Waals surface area contributed by atoms with Crippen LogP contribution in [0, 0.1) is 17.7 Å². The first-order chi connectivity index (χ1) is 17.1. The molecule has 2 aliphatic heterocycles. The summed E-state index contributed by atoms with van der Waals surface area (Å²) in [6.45, 7) is 3.07. The molecule has 35 heavy (non-hydrogen) atoms. The Kier molecular flexibility index (Phi) is 7.08. The molecule has 4 N–H and O–H groups in total. The Hall–Kier alpha value is -3.26. The Morgan fingerprint density at radius 2 is 1.69 bits per heavy atom. The van der Waals surface area contributed by atoms with Crippen LogP contribution in [0.1, 0.15) is 42.1 Å². The zero-order valence-electron chi connectivity index (χ0n) is 19.7. The molecule has 2 aliphatic rings. The normalized spacial score (nSPS) is 25.6. The molecule has 5 unspecified atom stereocenters. The summed E-state index contributed by atoms with van der Waals surface area (Å²) in [5.74, 6) is 0.290. The number of hydrogen-bond acceptors (Lipinski definition) is 5. The number of carbonyl (C=O) groups is 1. The third kappa shape index (κ3) is 5.22. The second-order valence-corrected chi connectivity index (χ2v) is 9.14. The number of hydrazine groups is 1. The summed E-state index contributed by atoms with van der Waals surface area (Å²) in [5.41, 5.74) is 9.83. The molecule has 0 spiro atoms. The number of amides is 1. The number of halogens is 1.